The fourth-order valence-electron chi connectivity index (χ4n) is 4.21. The number of aromatic nitrogens is 4. The highest BCUT2D eigenvalue weighted by Crippen LogP contribution is 2.66. The predicted molar refractivity (Wildman–Crippen MR) is 132 cm³/mol. The molecule has 7 N–H and O–H groups in total. The van der Waals surface area contributed by atoms with Crippen LogP contribution in [0.4, 0.5) is 5.95 Å². The van der Waals surface area contributed by atoms with E-state index in [0.717, 1.165) is 0 Å². The summed E-state index contributed by atoms with van der Waals surface area (Å²) in [5, 5.41) is 0. The van der Waals surface area contributed by atoms with Gasteiger partial charge in [0.1, 0.15) is 24.1 Å². The summed E-state index contributed by atoms with van der Waals surface area (Å²) in [5.74, 6) is 0.364. The summed E-state index contributed by atoms with van der Waals surface area (Å²) in [6.07, 6.45) is -3.99. The monoisotopic (exact) mass is 641 g/mol. The molecule has 2 aromatic heterocycles. The second-order valence-corrected chi connectivity index (χ2v) is 13.0. The number of aromatic amines is 1. The number of rotatable bonds is 10. The fourth-order valence-corrected chi connectivity index (χ4v) is 7.24. The maximum atomic E-state index is 12.3. The van der Waals surface area contributed by atoms with Gasteiger partial charge in [-0.05, 0) is 12.1 Å². The molecule has 23 heteroatoms. The average molecular weight is 641 g/mol. The summed E-state index contributed by atoms with van der Waals surface area (Å²) in [6.45, 7) is -0.817. The largest absolute Gasteiger partial charge is 0.497 e. The number of nitrogens with two attached hydrogens (primary N) is 1. The Morgan fingerprint density at radius 3 is 2.37 bits per heavy atom. The summed E-state index contributed by atoms with van der Waals surface area (Å²) in [7, 11) is -15.3. The quantitative estimate of drug-likeness (QED) is 0.164. The number of nitrogens with one attached hydrogen (secondary N) is 1. The topological polar surface area (TPSA) is 286 Å². The molecular formula is C18H22N5O15P3. The second kappa shape index (κ2) is 10.9. The van der Waals surface area contributed by atoms with Gasteiger partial charge >= 0.3 is 23.5 Å². The van der Waals surface area contributed by atoms with E-state index in [1.807, 2.05) is 0 Å². The molecule has 0 amide bonds. The van der Waals surface area contributed by atoms with Gasteiger partial charge in [0, 0.05) is 5.56 Å². The van der Waals surface area contributed by atoms with Crippen molar-refractivity contribution in [1.29, 1.82) is 0 Å². The molecule has 0 saturated carbocycles. The van der Waals surface area contributed by atoms with Crippen molar-refractivity contribution in [3.63, 3.8) is 0 Å². The lowest BCUT2D eigenvalue weighted by atomic mass is 10.1. The van der Waals surface area contributed by atoms with Crippen LogP contribution >= 0.6 is 23.5 Å². The van der Waals surface area contributed by atoms with Crippen molar-refractivity contribution >= 4 is 40.6 Å². The van der Waals surface area contributed by atoms with E-state index in [-0.39, 0.29) is 17.1 Å². The lowest BCUT2D eigenvalue weighted by Crippen LogP contribution is -2.31. The summed E-state index contributed by atoms with van der Waals surface area (Å²) < 4.78 is 71.6. The lowest BCUT2D eigenvalue weighted by Gasteiger charge is -2.22. The number of phosphoric acid groups is 3. The van der Waals surface area contributed by atoms with Crippen LogP contribution in [0.5, 0.6) is 5.75 Å². The molecule has 1 aromatic carbocycles. The van der Waals surface area contributed by atoms with Crippen LogP contribution in [-0.2, 0) is 41.1 Å². The highest BCUT2D eigenvalue weighted by atomic mass is 31.3. The zero-order valence-corrected chi connectivity index (χ0v) is 23.2. The second-order valence-electron chi connectivity index (χ2n) is 8.53. The molecule has 0 radical (unpaired) electrons. The number of nitrogen functional groups attached to an aromatic ring is 1. The minimum absolute atomic E-state index is 0.0278. The normalized spacial score (nSPS) is 27.4. The lowest BCUT2D eigenvalue weighted by molar-refractivity contribution is -0.152. The minimum atomic E-state index is -5.74. The molecule has 4 heterocycles. The van der Waals surface area contributed by atoms with Crippen LogP contribution in [-0.4, -0.2) is 71.1 Å². The van der Waals surface area contributed by atoms with E-state index in [9.17, 15) is 28.3 Å². The molecule has 0 bridgehead atoms. The van der Waals surface area contributed by atoms with Crippen LogP contribution in [0.2, 0.25) is 0 Å². The number of benzene rings is 1. The molecule has 2 saturated heterocycles. The van der Waals surface area contributed by atoms with E-state index < -0.39 is 66.5 Å². The van der Waals surface area contributed by atoms with Gasteiger partial charge in [-0.25, -0.2) is 18.7 Å². The molecule has 3 aromatic rings. The summed E-state index contributed by atoms with van der Waals surface area (Å²) in [5.41, 5.74) is 5.59. The highest BCUT2D eigenvalue weighted by Gasteiger charge is 2.55. The molecule has 2 fully saturated rings. The zero-order chi connectivity index (χ0) is 29.7. The Morgan fingerprint density at radius 2 is 1.71 bits per heavy atom. The van der Waals surface area contributed by atoms with Gasteiger partial charge in [0.05, 0.1) is 20.0 Å². The molecule has 0 spiro atoms. The standard InChI is InChI=1S/C18H22N5O15P3/c1-32-9-4-2-8(3-5-9)17-35-12-10(6-33-40(28,29)38-41(30,31)37-39(25,26)27)34-16(13(12)36-17)23-7-20-11-14(23)21-18(19)22-15(11)24/h2-5,7,10,12-13,16-17H,6H2,1H3,(H,28,29)(H,30,31)(H2,25,26,27)(H3,19,21,22,24). The van der Waals surface area contributed by atoms with Gasteiger partial charge in [-0.15, -0.1) is 0 Å². The number of H-pyrrole nitrogens is 1. The Hall–Kier alpha value is -2.54. The summed E-state index contributed by atoms with van der Waals surface area (Å²) in [6, 6.07) is 6.68. The maximum Gasteiger partial charge on any atom is 0.490 e. The number of phosphoric ester groups is 1. The Balaban J connectivity index is 1.41. The molecule has 7 atom stereocenters. The minimum Gasteiger partial charge on any atom is -0.497 e. The van der Waals surface area contributed by atoms with Gasteiger partial charge in [0.15, 0.2) is 23.7 Å². The van der Waals surface area contributed by atoms with E-state index in [4.69, 9.17) is 39.0 Å². The number of anilines is 1. The number of hydrogen-bond donors (Lipinski definition) is 6. The van der Waals surface area contributed by atoms with Crippen molar-refractivity contribution < 1.29 is 65.4 Å². The number of hydrogen-bond acceptors (Lipinski definition) is 14. The Morgan fingerprint density at radius 1 is 1.02 bits per heavy atom. The Kier molecular flexibility index (Phi) is 7.99. The van der Waals surface area contributed by atoms with Crippen molar-refractivity contribution in [3.8, 4) is 5.75 Å². The third kappa shape index (κ3) is 6.60. The predicted octanol–water partition coefficient (Wildman–Crippen LogP) is 0.434. The SMILES string of the molecule is COc1ccc(C2OC3C(COP(=O)(O)OP(=O)(O)OP(=O)(O)O)OC(n4cnc5c(=O)[nH]c(N)nc54)C3O2)cc1. The van der Waals surface area contributed by atoms with Crippen molar-refractivity contribution in [3.05, 3.63) is 46.5 Å². The Bertz CT molecular complexity index is 1640. The van der Waals surface area contributed by atoms with E-state index in [1.54, 1.807) is 24.3 Å². The van der Waals surface area contributed by atoms with E-state index in [0.29, 0.717) is 11.3 Å². The van der Waals surface area contributed by atoms with Gasteiger partial charge in [-0.1, -0.05) is 12.1 Å². The van der Waals surface area contributed by atoms with Crippen LogP contribution < -0.4 is 16.0 Å². The van der Waals surface area contributed by atoms with Gasteiger partial charge in [-0.2, -0.15) is 13.6 Å². The maximum absolute atomic E-state index is 12.3. The fraction of sp³-hybridized carbons (Fsp3) is 0.389. The molecule has 0 aliphatic carbocycles. The first kappa shape index (κ1) is 29.9. The summed E-state index contributed by atoms with van der Waals surface area (Å²) in [4.78, 5) is 59.4. The molecular weight excluding hydrogens is 619 g/mol. The summed E-state index contributed by atoms with van der Waals surface area (Å²) >= 11 is 0. The third-order valence-corrected chi connectivity index (χ3v) is 9.58. The van der Waals surface area contributed by atoms with Gasteiger partial charge in [0.2, 0.25) is 5.95 Å². The van der Waals surface area contributed by atoms with Crippen LogP contribution in [0.15, 0.2) is 35.4 Å². The molecule has 2 aliphatic rings. The van der Waals surface area contributed by atoms with Crippen LogP contribution in [0, 0.1) is 0 Å². The molecule has 224 valence electrons. The van der Waals surface area contributed by atoms with Gasteiger partial charge < -0.3 is 44.3 Å². The van der Waals surface area contributed by atoms with Crippen LogP contribution in [0.1, 0.15) is 18.1 Å². The van der Waals surface area contributed by atoms with Gasteiger partial charge in [0.25, 0.3) is 5.56 Å². The molecule has 20 nitrogen and oxygen atoms in total. The number of methoxy groups -OCH3 is 1. The Labute approximate surface area is 228 Å². The van der Waals surface area contributed by atoms with Crippen molar-refractivity contribution in [2.24, 2.45) is 0 Å². The van der Waals surface area contributed by atoms with Crippen molar-refractivity contribution in [2.75, 3.05) is 19.5 Å². The van der Waals surface area contributed by atoms with Crippen molar-refractivity contribution in [1.82, 2.24) is 19.5 Å². The first-order valence-electron chi connectivity index (χ1n) is 11.3. The van der Waals surface area contributed by atoms with Crippen LogP contribution in [0.25, 0.3) is 11.2 Å². The first-order chi connectivity index (χ1) is 19.1. The average Bonchev–Trinajstić information content (AvgIpc) is 3.54. The first-order valence-corrected chi connectivity index (χ1v) is 15.8. The molecule has 2 aliphatic heterocycles. The molecule has 41 heavy (non-hydrogen) atoms. The smallest absolute Gasteiger partial charge is 0.490 e. The van der Waals surface area contributed by atoms with Crippen LogP contribution in [0.3, 0.4) is 0 Å². The number of ether oxygens (including phenoxy) is 4. The molecule has 7 unspecified atom stereocenters. The van der Waals surface area contributed by atoms with E-state index in [1.165, 1.54) is 18.0 Å². The van der Waals surface area contributed by atoms with Crippen molar-refractivity contribution in [2.45, 2.75) is 30.8 Å². The third-order valence-electron chi connectivity index (χ3n) is 5.78. The van der Waals surface area contributed by atoms with E-state index in [2.05, 4.69) is 23.6 Å². The highest BCUT2D eigenvalue weighted by molar-refractivity contribution is 7.66. The van der Waals surface area contributed by atoms with E-state index >= 15 is 0 Å². The zero-order valence-electron chi connectivity index (χ0n) is 20.5. The number of imidazole rings is 1. The number of nitrogens with zero attached hydrogens (tertiary/aromatic N) is 3. The number of fused-ring (bicyclic) bond motifs is 2. The van der Waals surface area contributed by atoms with Gasteiger partial charge in [-0.3, -0.25) is 18.9 Å². The molecule has 5 rings (SSSR count).